The fraction of sp³-hybridized carbons (Fsp3) is 0.125. The fourth-order valence-electron chi connectivity index (χ4n) is 2.42. The van der Waals surface area contributed by atoms with Crippen LogP contribution in [0.3, 0.4) is 0 Å². The predicted molar refractivity (Wildman–Crippen MR) is 69.7 cm³/mol. The molecule has 18 heavy (non-hydrogen) atoms. The van der Waals surface area contributed by atoms with Crippen LogP contribution in [0.2, 0.25) is 0 Å². The Hall–Kier alpha value is -2.22. The Morgan fingerprint density at radius 1 is 0.667 bits per heavy atom. The molecular formula is C16H12O2. The number of allylic oxidation sites excluding steroid dienone is 12. The van der Waals surface area contributed by atoms with Gasteiger partial charge in [-0.25, -0.2) is 0 Å². The second kappa shape index (κ2) is 4.22. The van der Waals surface area contributed by atoms with E-state index >= 15 is 0 Å². The molecule has 88 valence electrons. The van der Waals surface area contributed by atoms with Crippen LogP contribution in [0.5, 0.6) is 0 Å². The Kier molecular flexibility index (Phi) is 2.56. The van der Waals surface area contributed by atoms with Crippen molar-refractivity contribution in [3.63, 3.8) is 0 Å². The first-order valence-electron chi connectivity index (χ1n) is 5.97. The van der Waals surface area contributed by atoms with Crippen LogP contribution in [-0.2, 0) is 9.59 Å². The molecule has 0 amide bonds. The van der Waals surface area contributed by atoms with Crippen molar-refractivity contribution >= 4 is 11.6 Å². The molecule has 2 nitrogen and oxygen atoms in total. The molecule has 3 rings (SSSR count). The predicted octanol–water partition coefficient (Wildman–Crippen LogP) is 2.48. The molecule has 0 spiro atoms. The van der Waals surface area contributed by atoms with Gasteiger partial charge >= 0.3 is 0 Å². The molecule has 0 aliphatic heterocycles. The summed E-state index contributed by atoms with van der Waals surface area (Å²) < 4.78 is 0. The fourth-order valence-corrected chi connectivity index (χ4v) is 2.42. The van der Waals surface area contributed by atoms with Crippen molar-refractivity contribution in [3.05, 3.63) is 71.9 Å². The molecule has 0 heterocycles. The van der Waals surface area contributed by atoms with Crippen LogP contribution < -0.4 is 0 Å². The number of Topliss-reactive ketones (excluding diaryl/α,β-unsaturated/α-hetero) is 1. The van der Waals surface area contributed by atoms with E-state index in [2.05, 4.69) is 0 Å². The van der Waals surface area contributed by atoms with Gasteiger partial charge in [-0.3, -0.25) is 9.59 Å². The molecule has 2 heteroatoms. The topological polar surface area (TPSA) is 34.1 Å². The molecule has 0 aromatic carbocycles. The summed E-state index contributed by atoms with van der Waals surface area (Å²) in [6.45, 7) is 0. The molecule has 0 unspecified atom stereocenters. The molecular weight excluding hydrogens is 224 g/mol. The summed E-state index contributed by atoms with van der Waals surface area (Å²) in [4.78, 5) is 24.2. The van der Waals surface area contributed by atoms with E-state index in [0.717, 1.165) is 0 Å². The number of ketones is 2. The third kappa shape index (κ3) is 1.76. The minimum atomic E-state index is -0.0954. The van der Waals surface area contributed by atoms with Gasteiger partial charge in [0.05, 0.1) is 0 Å². The number of carbonyl (C=O) groups is 2. The molecule has 3 aliphatic rings. The van der Waals surface area contributed by atoms with Gasteiger partial charge in [-0.2, -0.15) is 0 Å². The highest BCUT2D eigenvalue weighted by Gasteiger charge is 2.29. The van der Waals surface area contributed by atoms with Crippen LogP contribution >= 0.6 is 0 Å². The summed E-state index contributed by atoms with van der Waals surface area (Å²) in [7, 11) is 0. The Morgan fingerprint density at radius 2 is 1.06 bits per heavy atom. The van der Waals surface area contributed by atoms with Gasteiger partial charge in [0.1, 0.15) is 0 Å². The highest BCUT2D eigenvalue weighted by Crippen LogP contribution is 2.30. The van der Waals surface area contributed by atoms with Crippen LogP contribution in [0.25, 0.3) is 0 Å². The number of rotatable bonds is 2. The maximum absolute atomic E-state index is 12.4. The van der Waals surface area contributed by atoms with E-state index in [4.69, 9.17) is 0 Å². The Morgan fingerprint density at radius 3 is 1.44 bits per heavy atom. The maximum atomic E-state index is 12.4. The van der Waals surface area contributed by atoms with Crippen molar-refractivity contribution in [1.29, 1.82) is 0 Å². The molecule has 0 bridgehead atoms. The van der Waals surface area contributed by atoms with Gasteiger partial charge in [-0.1, -0.05) is 48.6 Å². The second-order valence-corrected chi connectivity index (χ2v) is 4.52. The van der Waals surface area contributed by atoms with E-state index in [1.807, 2.05) is 48.6 Å². The molecule has 0 saturated heterocycles. The van der Waals surface area contributed by atoms with Gasteiger partial charge in [-0.15, -0.1) is 0 Å². The molecule has 3 aliphatic carbocycles. The summed E-state index contributed by atoms with van der Waals surface area (Å²) in [6, 6.07) is 0. The van der Waals surface area contributed by atoms with Crippen molar-refractivity contribution in [3.8, 4) is 0 Å². The summed E-state index contributed by atoms with van der Waals surface area (Å²) in [5, 5.41) is 0. The van der Waals surface area contributed by atoms with Crippen LogP contribution in [0.4, 0.5) is 0 Å². The van der Waals surface area contributed by atoms with Gasteiger partial charge in [0, 0.05) is 23.0 Å². The molecule has 0 fully saturated rings. The van der Waals surface area contributed by atoms with Crippen LogP contribution in [0.15, 0.2) is 71.9 Å². The lowest BCUT2D eigenvalue weighted by Crippen LogP contribution is -2.21. The highest BCUT2D eigenvalue weighted by atomic mass is 16.1. The van der Waals surface area contributed by atoms with Gasteiger partial charge in [0.15, 0.2) is 11.6 Å². The first-order chi connectivity index (χ1) is 8.75. The number of carbonyl (C=O) groups excluding carboxylic acids is 2. The Bertz CT molecular complexity index is 521. The zero-order valence-corrected chi connectivity index (χ0v) is 9.74. The Labute approximate surface area is 105 Å². The van der Waals surface area contributed by atoms with Crippen LogP contribution in [0, 0.1) is 11.8 Å². The van der Waals surface area contributed by atoms with E-state index in [9.17, 15) is 9.59 Å². The average molecular weight is 236 g/mol. The van der Waals surface area contributed by atoms with Crippen molar-refractivity contribution < 1.29 is 9.59 Å². The highest BCUT2D eigenvalue weighted by molar-refractivity contribution is 6.21. The van der Waals surface area contributed by atoms with Crippen LogP contribution in [0.1, 0.15) is 0 Å². The SMILES string of the molecule is O=C1C=C(C2C=CC=C2)C(=O)C(C2C=CC=C2)=C1. The zero-order valence-electron chi connectivity index (χ0n) is 9.74. The molecule has 0 atom stereocenters. The zero-order chi connectivity index (χ0) is 12.5. The van der Waals surface area contributed by atoms with E-state index in [1.54, 1.807) is 0 Å². The van der Waals surface area contributed by atoms with E-state index < -0.39 is 0 Å². The number of hydrogen-bond donors (Lipinski definition) is 0. The molecule has 0 radical (unpaired) electrons. The van der Waals surface area contributed by atoms with Crippen LogP contribution in [-0.4, -0.2) is 11.6 Å². The lowest BCUT2D eigenvalue weighted by Gasteiger charge is -2.18. The summed E-state index contributed by atoms with van der Waals surface area (Å²) in [5.41, 5.74) is 1.16. The first-order valence-corrected chi connectivity index (χ1v) is 5.97. The summed E-state index contributed by atoms with van der Waals surface area (Å²) in [6.07, 6.45) is 18.2. The minimum absolute atomic E-state index is 0.0167. The lowest BCUT2D eigenvalue weighted by atomic mass is 9.83. The third-order valence-electron chi connectivity index (χ3n) is 3.33. The first kappa shape index (κ1) is 10.9. The second-order valence-electron chi connectivity index (χ2n) is 4.52. The largest absolute Gasteiger partial charge is 0.290 e. The van der Waals surface area contributed by atoms with Crippen molar-refractivity contribution in [2.24, 2.45) is 11.8 Å². The number of hydrogen-bond acceptors (Lipinski definition) is 2. The van der Waals surface area contributed by atoms with Gasteiger partial charge < -0.3 is 0 Å². The molecule has 0 aromatic heterocycles. The smallest absolute Gasteiger partial charge is 0.187 e. The maximum Gasteiger partial charge on any atom is 0.187 e. The van der Waals surface area contributed by atoms with E-state index in [1.165, 1.54) is 12.2 Å². The summed E-state index contributed by atoms with van der Waals surface area (Å²) >= 11 is 0. The normalized spacial score (nSPS) is 23.1. The standard InChI is InChI=1S/C16H12O2/c17-13-9-14(11-5-1-2-6-11)16(18)15(10-13)12-7-3-4-8-12/h1-12H. The summed E-state index contributed by atoms with van der Waals surface area (Å²) in [5.74, 6) is -0.224. The lowest BCUT2D eigenvalue weighted by molar-refractivity contribution is -0.115. The van der Waals surface area contributed by atoms with E-state index in [0.29, 0.717) is 11.1 Å². The quantitative estimate of drug-likeness (QED) is 0.690. The van der Waals surface area contributed by atoms with Gasteiger partial charge in [-0.05, 0) is 12.2 Å². The van der Waals surface area contributed by atoms with Crippen molar-refractivity contribution in [2.75, 3.05) is 0 Å². The van der Waals surface area contributed by atoms with Crippen molar-refractivity contribution in [2.45, 2.75) is 0 Å². The monoisotopic (exact) mass is 236 g/mol. The third-order valence-corrected chi connectivity index (χ3v) is 3.33. The van der Waals surface area contributed by atoms with Gasteiger partial charge in [0.25, 0.3) is 0 Å². The van der Waals surface area contributed by atoms with E-state index in [-0.39, 0.29) is 23.4 Å². The van der Waals surface area contributed by atoms with Gasteiger partial charge in [0.2, 0.25) is 0 Å². The molecule has 0 N–H and O–H groups in total. The minimum Gasteiger partial charge on any atom is -0.290 e. The molecule has 0 aromatic rings. The molecule has 0 saturated carbocycles. The average Bonchev–Trinajstić information content (AvgIpc) is 3.02. The Balaban J connectivity index is 1.94. The van der Waals surface area contributed by atoms with Crippen molar-refractivity contribution in [1.82, 2.24) is 0 Å².